The van der Waals surface area contributed by atoms with Gasteiger partial charge in [0, 0.05) is 25.6 Å². The van der Waals surface area contributed by atoms with Crippen LogP contribution in [0, 0.1) is 0 Å². The fourth-order valence-corrected chi connectivity index (χ4v) is 5.76. The van der Waals surface area contributed by atoms with E-state index in [9.17, 15) is 4.79 Å². The number of rotatable bonds is 5. The highest BCUT2D eigenvalue weighted by Crippen LogP contribution is 2.33. The van der Waals surface area contributed by atoms with Crippen LogP contribution < -0.4 is 5.32 Å². The maximum Gasteiger partial charge on any atom is 0.317 e. The van der Waals surface area contributed by atoms with Gasteiger partial charge in [-0.25, -0.2) is 9.78 Å². The third kappa shape index (κ3) is 4.09. The lowest BCUT2D eigenvalue weighted by Gasteiger charge is -2.33. The Labute approximate surface area is 180 Å². The molecule has 2 amide bonds. The van der Waals surface area contributed by atoms with Crippen molar-refractivity contribution in [2.24, 2.45) is 0 Å². The monoisotopic (exact) mass is 424 g/mol. The normalized spacial score (nSPS) is 21.2. The fourth-order valence-electron chi connectivity index (χ4n) is 4.67. The van der Waals surface area contributed by atoms with Gasteiger partial charge in [-0.2, -0.15) is 0 Å². The summed E-state index contributed by atoms with van der Waals surface area (Å²) >= 11 is 1.76. The Morgan fingerprint density at radius 2 is 2.03 bits per heavy atom. The smallest absolute Gasteiger partial charge is 0.317 e. The number of urea groups is 1. The van der Waals surface area contributed by atoms with Crippen LogP contribution in [-0.4, -0.2) is 53.5 Å². The molecular formula is C23H28N4O2S. The van der Waals surface area contributed by atoms with E-state index in [-0.39, 0.29) is 12.1 Å². The zero-order valence-electron chi connectivity index (χ0n) is 17.1. The predicted octanol–water partition coefficient (Wildman–Crippen LogP) is 4.62. The van der Waals surface area contributed by atoms with Gasteiger partial charge in [0.2, 0.25) is 0 Å². The number of nitrogens with zero attached hydrogens (tertiary/aromatic N) is 3. The number of amides is 2. The van der Waals surface area contributed by atoms with Crippen LogP contribution in [0.4, 0.5) is 4.79 Å². The van der Waals surface area contributed by atoms with E-state index in [2.05, 4.69) is 28.4 Å². The summed E-state index contributed by atoms with van der Waals surface area (Å²) in [6.07, 6.45) is 6.24. The highest BCUT2D eigenvalue weighted by molar-refractivity contribution is 7.18. The molecule has 0 saturated carbocycles. The van der Waals surface area contributed by atoms with Gasteiger partial charge in [0.1, 0.15) is 5.76 Å². The van der Waals surface area contributed by atoms with Crippen molar-refractivity contribution in [3.05, 3.63) is 53.4 Å². The lowest BCUT2D eigenvalue weighted by molar-refractivity contribution is 0.168. The largest absolute Gasteiger partial charge is 0.468 e. The Bertz CT molecular complexity index is 947. The lowest BCUT2D eigenvalue weighted by Crippen LogP contribution is -2.47. The molecule has 0 spiro atoms. The minimum absolute atomic E-state index is 0.0246. The number of hydrogen-bond acceptors (Lipinski definition) is 5. The van der Waals surface area contributed by atoms with E-state index < -0.39 is 0 Å². The molecule has 5 rings (SSSR count). The van der Waals surface area contributed by atoms with Gasteiger partial charge in [-0.3, -0.25) is 4.90 Å². The van der Waals surface area contributed by atoms with Crippen molar-refractivity contribution in [3.8, 4) is 0 Å². The Kier molecular flexibility index (Phi) is 5.73. The van der Waals surface area contributed by atoms with Crippen LogP contribution in [-0.2, 0) is 0 Å². The van der Waals surface area contributed by atoms with E-state index in [1.165, 1.54) is 17.5 Å². The maximum absolute atomic E-state index is 13.0. The molecule has 0 bridgehead atoms. The van der Waals surface area contributed by atoms with Crippen molar-refractivity contribution in [2.75, 3.05) is 32.7 Å². The Hall–Kier alpha value is -2.38. The minimum atomic E-state index is 0.0246. The molecule has 4 heterocycles. The van der Waals surface area contributed by atoms with E-state index in [0.717, 1.165) is 55.3 Å². The summed E-state index contributed by atoms with van der Waals surface area (Å²) < 4.78 is 6.90. The Balaban J connectivity index is 1.23. The first-order valence-corrected chi connectivity index (χ1v) is 11.8. The van der Waals surface area contributed by atoms with Gasteiger partial charge in [-0.1, -0.05) is 12.1 Å². The maximum atomic E-state index is 13.0. The van der Waals surface area contributed by atoms with E-state index in [0.29, 0.717) is 12.5 Å². The second-order valence-corrected chi connectivity index (χ2v) is 9.33. The first-order valence-electron chi connectivity index (χ1n) is 10.9. The second-order valence-electron chi connectivity index (χ2n) is 8.27. The van der Waals surface area contributed by atoms with Crippen molar-refractivity contribution in [3.63, 3.8) is 0 Å². The van der Waals surface area contributed by atoms with Gasteiger partial charge in [-0.05, 0) is 63.0 Å². The summed E-state index contributed by atoms with van der Waals surface area (Å²) in [5.41, 5.74) is 1.06. The van der Waals surface area contributed by atoms with Gasteiger partial charge in [0.25, 0.3) is 0 Å². The van der Waals surface area contributed by atoms with Crippen LogP contribution in [0.15, 0.2) is 47.1 Å². The van der Waals surface area contributed by atoms with Crippen LogP contribution in [0.5, 0.6) is 0 Å². The molecule has 0 unspecified atom stereocenters. The molecule has 2 saturated heterocycles. The van der Waals surface area contributed by atoms with Crippen LogP contribution in [0.2, 0.25) is 0 Å². The van der Waals surface area contributed by atoms with Gasteiger partial charge in [0.15, 0.2) is 0 Å². The van der Waals surface area contributed by atoms with Crippen LogP contribution in [0.25, 0.3) is 10.2 Å². The molecule has 0 radical (unpaired) electrons. The summed E-state index contributed by atoms with van der Waals surface area (Å²) in [6.45, 7) is 4.24. The second kappa shape index (κ2) is 8.78. The molecule has 7 heteroatoms. The zero-order valence-corrected chi connectivity index (χ0v) is 17.9. The number of carbonyl (C=O) groups is 1. The van der Waals surface area contributed by atoms with Crippen LogP contribution in [0.3, 0.4) is 0 Å². The molecule has 2 aliphatic rings. The topological polar surface area (TPSA) is 61.6 Å². The van der Waals surface area contributed by atoms with Gasteiger partial charge in [-0.15, -0.1) is 11.3 Å². The van der Waals surface area contributed by atoms with Crippen molar-refractivity contribution >= 4 is 27.6 Å². The first kappa shape index (κ1) is 19.6. The van der Waals surface area contributed by atoms with Crippen LogP contribution in [0.1, 0.15) is 48.4 Å². The number of thiazole rings is 1. The number of para-hydroxylation sites is 1. The summed E-state index contributed by atoms with van der Waals surface area (Å²) in [5.74, 6) is 1.25. The highest BCUT2D eigenvalue weighted by atomic mass is 32.1. The molecular weight excluding hydrogens is 396 g/mol. The number of nitrogens with one attached hydrogen (secondary N) is 1. The number of likely N-dealkylation sites (tertiary alicyclic amines) is 2. The average molecular weight is 425 g/mol. The molecule has 1 N–H and O–H groups in total. The number of fused-ring (bicyclic) bond motifs is 1. The summed E-state index contributed by atoms with van der Waals surface area (Å²) in [5, 5.41) is 4.34. The van der Waals surface area contributed by atoms with E-state index in [1.807, 2.05) is 23.1 Å². The molecule has 3 aromatic rings. The molecule has 158 valence electrons. The average Bonchev–Trinajstić information content (AvgIpc) is 3.55. The van der Waals surface area contributed by atoms with Crippen LogP contribution >= 0.6 is 11.3 Å². The molecule has 2 atom stereocenters. The number of benzene rings is 1. The molecule has 2 aromatic heterocycles. The van der Waals surface area contributed by atoms with E-state index >= 15 is 0 Å². The molecule has 1 aromatic carbocycles. The number of hydrogen-bond donors (Lipinski definition) is 1. The van der Waals surface area contributed by atoms with Crippen molar-refractivity contribution in [1.82, 2.24) is 20.1 Å². The predicted molar refractivity (Wildman–Crippen MR) is 119 cm³/mol. The Morgan fingerprint density at radius 1 is 1.17 bits per heavy atom. The van der Waals surface area contributed by atoms with Crippen molar-refractivity contribution in [1.29, 1.82) is 0 Å². The lowest BCUT2D eigenvalue weighted by atomic mass is 9.99. The molecule has 2 fully saturated rings. The standard InChI is InChI=1S/C23H28N4O2S/c28-23(24-15-19(20-9-6-14-29-20)26-11-3-4-12-26)27-13-5-7-17(16-27)22-25-18-8-1-2-10-21(18)30-22/h1-2,6,8-10,14,17,19H,3-5,7,11-13,15-16H2,(H,24,28)/t17-,19+/m0/s1. The highest BCUT2D eigenvalue weighted by Gasteiger charge is 2.29. The third-order valence-corrected chi connectivity index (χ3v) is 7.47. The minimum Gasteiger partial charge on any atom is -0.468 e. The van der Waals surface area contributed by atoms with E-state index in [4.69, 9.17) is 9.40 Å². The van der Waals surface area contributed by atoms with Crippen molar-refractivity contribution in [2.45, 2.75) is 37.6 Å². The summed E-state index contributed by atoms with van der Waals surface area (Å²) in [6, 6.07) is 12.3. The zero-order chi connectivity index (χ0) is 20.3. The number of furan rings is 1. The summed E-state index contributed by atoms with van der Waals surface area (Å²) in [4.78, 5) is 22.2. The first-order chi connectivity index (χ1) is 14.8. The number of carbonyl (C=O) groups excluding carboxylic acids is 1. The molecule has 0 aliphatic carbocycles. The van der Waals surface area contributed by atoms with Gasteiger partial charge in [0.05, 0.1) is 27.5 Å². The quantitative estimate of drug-likeness (QED) is 0.649. The third-order valence-electron chi connectivity index (χ3n) is 6.27. The van der Waals surface area contributed by atoms with E-state index in [1.54, 1.807) is 17.6 Å². The molecule has 30 heavy (non-hydrogen) atoms. The SMILES string of the molecule is O=C(NC[C@H](c1ccco1)N1CCCC1)N1CCC[C@H](c2nc3ccccc3s2)C1. The number of aromatic nitrogens is 1. The fraction of sp³-hybridized carbons (Fsp3) is 0.478. The molecule has 6 nitrogen and oxygen atoms in total. The van der Waals surface area contributed by atoms with Crippen molar-refractivity contribution < 1.29 is 9.21 Å². The number of piperidine rings is 1. The summed E-state index contributed by atoms with van der Waals surface area (Å²) in [7, 11) is 0. The molecule has 2 aliphatic heterocycles. The Morgan fingerprint density at radius 3 is 2.83 bits per heavy atom. The van der Waals surface area contributed by atoms with Gasteiger partial charge < -0.3 is 14.6 Å². The van der Waals surface area contributed by atoms with Gasteiger partial charge >= 0.3 is 6.03 Å².